The second-order valence-electron chi connectivity index (χ2n) is 8.13. The van der Waals surface area contributed by atoms with Crippen LogP contribution >= 0.6 is 0 Å². The van der Waals surface area contributed by atoms with Crippen LogP contribution in [0.4, 0.5) is 5.95 Å². The number of aryl methyl sites for hydroxylation is 1. The van der Waals surface area contributed by atoms with Crippen LogP contribution in [-0.4, -0.2) is 36.7 Å². The highest BCUT2D eigenvalue weighted by atomic mass is 16.3. The summed E-state index contributed by atoms with van der Waals surface area (Å²) in [6, 6.07) is 11.1. The van der Waals surface area contributed by atoms with Crippen LogP contribution in [0.25, 0.3) is 11.4 Å². The fourth-order valence-corrected chi connectivity index (χ4v) is 3.67. The molecule has 29 heavy (non-hydrogen) atoms. The lowest BCUT2D eigenvalue weighted by Gasteiger charge is -2.45. The molecule has 0 saturated heterocycles. The SMILES string of the molecule is Cc1ccc([C@H](O)CN2c3nc(-c4ccncn4)cc(=O)n3CCC2(C)C)cc1. The van der Waals surface area contributed by atoms with Gasteiger partial charge in [-0.25, -0.2) is 15.0 Å². The topological polar surface area (TPSA) is 84.1 Å². The van der Waals surface area contributed by atoms with E-state index in [-0.39, 0.29) is 11.1 Å². The summed E-state index contributed by atoms with van der Waals surface area (Å²) in [4.78, 5) is 27.8. The summed E-state index contributed by atoms with van der Waals surface area (Å²) in [6.45, 7) is 7.18. The maximum Gasteiger partial charge on any atom is 0.255 e. The van der Waals surface area contributed by atoms with Gasteiger partial charge < -0.3 is 10.0 Å². The van der Waals surface area contributed by atoms with Crippen molar-refractivity contribution >= 4 is 5.95 Å². The lowest BCUT2D eigenvalue weighted by atomic mass is 9.95. The highest BCUT2D eigenvalue weighted by Gasteiger charge is 2.36. The van der Waals surface area contributed by atoms with E-state index in [0.29, 0.717) is 30.4 Å². The van der Waals surface area contributed by atoms with Gasteiger partial charge in [-0.1, -0.05) is 29.8 Å². The average Bonchev–Trinajstić information content (AvgIpc) is 2.71. The molecule has 0 saturated carbocycles. The number of aliphatic hydroxyl groups is 1. The lowest BCUT2D eigenvalue weighted by molar-refractivity contribution is 0.169. The van der Waals surface area contributed by atoms with Crippen LogP contribution in [0.1, 0.15) is 37.5 Å². The van der Waals surface area contributed by atoms with Crippen molar-refractivity contribution < 1.29 is 5.11 Å². The molecule has 4 rings (SSSR count). The first-order chi connectivity index (χ1) is 13.8. The van der Waals surface area contributed by atoms with E-state index in [1.807, 2.05) is 36.1 Å². The molecule has 0 spiro atoms. The molecule has 1 aromatic carbocycles. The molecule has 1 N–H and O–H groups in total. The molecule has 0 radical (unpaired) electrons. The van der Waals surface area contributed by atoms with Gasteiger partial charge in [-0.2, -0.15) is 0 Å². The molecule has 1 atom stereocenters. The molecule has 1 aliphatic rings. The molecule has 3 heterocycles. The van der Waals surface area contributed by atoms with Crippen molar-refractivity contribution in [3.8, 4) is 11.4 Å². The molecule has 0 amide bonds. The molecule has 3 aromatic rings. The van der Waals surface area contributed by atoms with Crippen LogP contribution < -0.4 is 10.5 Å². The predicted octanol–water partition coefficient (Wildman–Crippen LogP) is 2.73. The Morgan fingerprint density at radius 3 is 2.62 bits per heavy atom. The zero-order valence-electron chi connectivity index (χ0n) is 16.9. The molecule has 0 bridgehead atoms. The average molecular weight is 391 g/mol. The van der Waals surface area contributed by atoms with Gasteiger partial charge >= 0.3 is 0 Å². The molecule has 0 fully saturated rings. The Hall–Kier alpha value is -3.06. The van der Waals surface area contributed by atoms with E-state index in [4.69, 9.17) is 4.98 Å². The standard InChI is InChI=1S/C22H25N5O2/c1-15-4-6-16(7-5-15)19(28)13-27-21-25-18(17-8-10-23-14-24-17)12-20(29)26(21)11-9-22(27,2)3/h4-8,10,12,14,19,28H,9,11,13H2,1-3H3/t19-/m1/s1. The number of anilines is 1. The Kier molecular flexibility index (Phi) is 4.92. The fourth-order valence-electron chi connectivity index (χ4n) is 3.67. The summed E-state index contributed by atoms with van der Waals surface area (Å²) in [5.41, 5.74) is 2.73. The highest BCUT2D eigenvalue weighted by molar-refractivity contribution is 5.56. The maximum atomic E-state index is 12.8. The highest BCUT2D eigenvalue weighted by Crippen LogP contribution is 2.33. The predicted molar refractivity (Wildman–Crippen MR) is 112 cm³/mol. The van der Waals surface area contributed by atoms with Crippen LogP contribution in [-0.2, 0) is 6.54 Å². The Morgan fingerprint density at radius 2 is 1.93 bits per heavy atom. The monoisotopic (exact) mass is 391 g/mol. The van der Waals surface area contributed by atoms with Crippen molar-refractivity contribution in [1.82, 2.24) is 19.5 Å². The van der Waals surface area contributed by atoms with Crippen LogP contribution in [0.5, 0.6) is 0 Å². The normalized spacial score (nSPS) is 16.3. The number of nitrogens with zero attached hydrogens (tertiary/aromatic N) is 5. The van der Waals surface area contributed by atoms with Gasteiger partial charge in [-0.15, -0.1) is 0 Å². The third-order valence-corrected chi connectivity index (χ3v) is 5.57. The van der Waals surface area contributed by atoms with Crippen molar-refractivity contribution in [2.45, 2.75) is 45.4 Å². The number of hydrogen-bond donors (Lipinski definition) is 1. The van der Waals surface area contributed by atoms with Gasteiger partial charge in [0.25, 0.3) is 5.56 Å². The Balaban J connectivity index is 1.75. The first kappa shape index (κ1) is 19.3. The summed E-state index contributed by atoms with van der Waals surface area (Å²) in [7, 11) is 0. The second-order valence-corrected chi connectivity index (χ2v) is 8.13. The van der Waals surface area contributed by atoms with E-state index in [1.54, 1.807) is 16.8 Å². The number of aromatic nitrogens is 4. The van der Waals surface area contributed by atoms with Crippen molar-refractivity contribution in [3.63, 3.8) is 0 Å². The van der Waals surface area contributed by atoms with Gasteiger partial charge in [0, 0.05) is 24.3 Å². The third-order valence-electron chi connectivity index (χ3n) is 5.57. The quantitative estimate of drug-likeness (QED) is 0.736. The molecule has 150 valence electrons. The van der Waals surface area contributed by atoms with Gasteiger partial charge in [0.05, 0.1) is 24.0 Å². The van der Waals surface area contributed by atoms with Gasteiger partial charge in [-0.3, -0.25) is 9.36 Å². The van der Waals surface area contributed by atoms with Crippen molar-refractivity contribution in [3.05, 3.63) is 70.4 Å². The summed E-state index contributed by atoms with van der Waals surface area (Å²) in [6.07, 6.45) is 3.16. The largest absolute Gasteiger partial charge is 0.387 e. The summed E-state index contributed by atoms with van der Waals surface area (Å²) in [5, 5.41) is 10.9. The van der Waals surface area contributed by atoms with Crippen LogP contribution in [0, 0.1) is 6.92 Å². The minimum absolute atomic E-state index is 0.117. The molecular weight excluding hydrogens is 366 g/mol. The Bertz CT molecular complexity index is 1060. The number of β-amino-alcohol motifs (C(OH)–C–C–N with tert-alkyl or cyclic N) is 1. The lowest BCUT2D eigenvalue weighted by Crippen LogP contribution is -2.53. The molecular formula is C22H25N5O2. The summed E-state index contributed by atoms with van der Waals surface area (Å²) >= 11 is 0. The van der Waals surface area contributed by atoms with Crippen LogP contribution in [0.3, 0.4) is 0 Å². The smallest absolute Gasteiger partial charge is 0.255 e. The fraction of sp³-hybridized carbons (Fsp3) is 0.364. The van der Waals surface area contributed by atoms with Crippen molar-refractivity contribution in [2.24, 2.45) is 0 Å². The van der Waals surface area contributed by atoms with Gasteiger partial charge in [-0.05, 0) is 38.8 Å². The van der Waals surface area contributed by atoms with E-state index in [0.717, 1.165) is 17.5 Å². The molecule has 0 aliphatic carbocycles. The van der Waals surface area contributed by atoms with E-state index >= 15 is 0 Å². The van der Waals surface area contributed by atoms with Crippen LogP contribution in [0.2, 0.25) is 0 Å². The zero-order chi connectivity index (χ0) is 20.6. The van der Waals surface area contributed by atoms with E-state index in [1.165, 1.54) is 12.4 Å². The number of hydrogen-bond acceptors (Lipinski definition) is 6. The maximum absolute atomic E-state index is 12.8. The van der Waals surface area contributed by atoms with Gasteiger partial charge in [0.1, 0.15) is 6.33 Å². The molecule has 1 aliphatic heterocycles. The van der Waals surface area contributed by atoms with E-state index < -0.39 is 6.10 Å². The van der Waals surface area contributed by atoms with Gasteiger partial charge in [0.15, 0.2) is 0 Å². The molecule has 7 nitrogen and oxygen atoms in total. The first-order valence-corrected chi connectivity index (χ1v) is 9.76. The molecule has 2 aromatic heterocycles. The second kappa shape index (κ2) is 7.40. The number of rotatable bonds is 4. The van der Waals surface area contributed by atoms with Crippen molar-refractivity contribution in [1.29, 1.82) is 0 Å². The van der Waals surface area contributed by atoms with Gasteiger partial charge in [0.2, 0.25) is 5.95 Å². The molecule has 0 unspecified atom stereocenters. The Labute approximate surface area is 169 Å². The van der Waals surface area contributed by atoms with Crippen molar-refractivity contribution in [2.75, 3.05) is 11.4 Å². The number of fused-ring (bicyclic) bond motifs is 1. The molecule has 7 heteroatoms. The minimum Gasteiger partial charge on any atom is -0.387 e. The summed E-state index contributed by atoms with van der Waals surface area (Å²) < 4.78 is 1.68. The van der Waals surface area contributed by atoms with Crippen LogP contribution in [0.15, 0.2) is 53.7 Å². The summed E-state index contributed by atoms with van der Waals surface area (Å²) in [5.74, 6) is 0.563. The Morgan fingerprint density at radius 1 is 1.17 bits per heavy atom. The number of aliphatic hydroxyl groups excluding tert-OH is 1. The number of benzene rings is 1. The van der Waals surface area contributed by atoms with E-state index in [9.17, 15) is 9.90 Å². The zero-order valence-corrected chi connectivity index (χ0v) is 16.9. The first-order valence-electron chi connectivity index (χ1n) is 9.76. The minimum atomic E-state index is -0.693. The van der Waals surface area contributed by atoms with E-state index in [2.05, 4.69) is 23.8 Å². The third kappa shape index (κ3) is 3.78.